The lowest BCUT2D eigenvalue weighted by atomic mass is 10.0. The van der Waals surface area contributed by atoms with Crippen molar-refractivity contribution in [3.63, 3.8) is 0 Å². The monoisotopic (exact) mass is 217 g/mol. The molecule has 1 heterocycles. The van der Waals surface area contributed by atoms with E-state index in [0.29, 0.717) is 16.9 Å². The number of hydrogen-bond acceptors (Lipinski definition) is 3. The lowest BCUT2D eigenvalue weighted by molar-refractivity contribution is 0.623. The molecule has 1 aromatic heterocycles. The minimum atomic E-state index is -0.454. The van der Waals surface area contributed by atoms with Crippen LogP contribution in [0, 0.1) is 5.82 Å². The molecule has 0 aliphatic rings. The summed E-state index contributed by atoms with van der Waals surface area (Å²) in [6, 6.07) is 9.25. The molecule has 4 N–H and O–H groups in total. The molecule has 2 aromatic rings. The second-order valence-electron chi connectivity index (χ2n) is 3.51. The van der Waals surface area contributed by atoms with Crippen LogP contribution in [0.15, 0.2) is 42.6 Å². The van der Waals surface area contributed by atoms with E-state index in [0.717, 1.165) is 0 Å². The quantitative estimate of drug-likeness (QED) is 0.806. The summed E-state index contributed by atoms with van der Waals surface area (Å²) in [7, 11) is 0. The summed E-state index contributed by atoms with van der Waals surface area (Å²) in [6.45, 7) is 0. The molecule has 2 rings (SSSR count). The van der Waals surface area contributed by atoms with Crippen molar-refractivity contribution in [2.75, 3.05) is 5.73 Å². The summed E-state index contributed by atoms with van der Waals surface area (Å²) >= 11 is 0. The topological polar surface area (TPSA) is 64.9 Å². The molecule has 1 aromatic carbocycles. The van der Waals surface area contributed by atoms with Crippen LogP contribution in [0.25, 0.3) is 0 Å². The SMILES string of the molecule is Nc1ncccc1C(N)c1cccc(F)c1. The van der Waals surface area contributed by atoms with E-state index in [1.165, 1.54) is 12.1 Å². The van der Waals surface area contributed by atoms with Gasteiger partial charge in [0.1, 0.15) is 11.6 Å². The Morgan fingerprint density at radius 2 is 2.00 bits per heavy atom. The lowest BCUT2D eigenvalue weighted by Crippen LogP contribution is -2.14. The molecule has 0 amide bonds. The van der Waals surface area contributed by atoms with E-state index < -0.39 is 6.04 Å². The number of nitrogen functional groups attached to an aromatic ring is 1. The van der Waals surface area contributed by atoms with Gasteiger partial charge in [-0.05, 0) is 23.8 Å². The summed E-state index contributed by atoms with van der Waals surface area (Å²) in [5.41, 5.74) is 13.1. The van der Waals surface area contributed by atoms with Gasteiger partial charge in [0.2, 0.25) is 0 Å². The highest BCUT2D eigenvalue weighted by atomic mass is 19.1. The van der Waals surface area contributed by atoms with Crippen molar-refractivity contribution in [1.29, 1.82) is 0 Å². The Bertz CT molecular complexity index is 499. The lowest BCUT2D eigenvalue weighted by Gasteiger charge is -2.13. The van der Waals surface area contributed by atoms with Gasteiger partial charge in [-0.3, -0.25) is 0 Å². The molecular formula is C12H12FN3. The van der Waals surface area contributed by atoms with Crippen LogP contribution in [0.1, 0.15) is 17.2 Å². The molecule has 1 atom stereocenters. The first-order chi connectivity index (χ1) is 7.68. The maximum atomic E-state index is 13.0. The van der Waals surface area contributed by atoms with Crippen LogP contribution in [0.3, 0.4) is 0 Å². The van der Waals surface area contributed by atoms with Crippen molar-refractivity contribution < 1.29 is 4.39 Å². The second-order valence-corrected chi connectivity index (χ2v) is 3.51. The van der Waals surface area contributed by atoms with Crippen molar-refractivity contribution in [1.82, 2.24) is 4.98 Å². The zero-order valence-corrected chi connectivity index (χ0v) is 8.60. The highest BCUT2D eigenvalue weighted by Crippen LogP contribution is 2.23. The summed E-state index contributed by atoms with van der Waals surface area (Å²) in [4.78, 5) is 3.95. The van der Waals surface area contributed by atoms with Crippen molar-refractivity contribution in [3.05, 3.63) is 59.5 Å². The molecule has 0 saturated carbocycles. The van der Waals surface area contributed by atoms with Gasteiger partial charge in [-0.2, -0.15) is 0 Å². The van der Waals surface area contributed by atoms with E-state index in [1.807, 2.05) is 0 Å². The number of aromatic nitrogens is 1. The minimum Gasteiger partial charge on any atom is -0.383 e. The molecule has 0 bridgehead atoms. The van der Waals surface area contributed by atoms with Crippen LogP contribution in [0.5, 0.6) is 0 Å². The second kappa shape index (κ2) is 4.28. The van der Waals surface area contributed by atoms with Crippen LogP contribution in [-0.2, 0) is 0 Å². The van der Waals surface area contributed by atoms with Gasteiger partial charge in [0.15, 0.2) is 0 Å². The third kappa shape index (κ3) is 2.01. The van der Waals surface area contributed by atoms with Gasteiger partial charge < -0.3 is 11.5 Å². The van der Waals surface area contributed by atoms with Crippen molar-refractivity contribution in [2.45, 2.75) is 6.04 Å². The fraction of sp³-hybridized carbons (Fsp3) is 0.0833. The van der Waals surface area contributed by atoms with Gasteiger partial charge in [0, 0.05) is 11.8 Å². The highest BCUT2D eigenvalue weighted by molar-refractivity contribution is 5.45. The molecule has 0 saturated heterocycles. The molecule has 1 unspecified atom stereocenters. The number of halogens is 1. The van der Waals surface area contributed by atoms with E-state index >= 15 is 0 Å². The van der Waals surface area contributed by atoms with E-state index in [-0.39, 0.29) is 5.82 Å². The van der Waals surface area contributed by atoms with E-state index in [9.17, 15) is 4.39 Å². The van der Waals surface area contributed by atoms with Crippen LogP contribution in [0.2, 0.25) is 0 Å². The largest absolute Gasteiger partial charge is 0.383 e. The number of pyridine rings is 1. The molecular weight excluding hydrogens is 205 g/mol. The smallest absolute Gasteiger partial charge is 0.128 e. The predicted octanol–water partition coefficient (Wildman–Crippen LogP) is 1.85. The van der Waals surface area contributed by atoms with E-state index in [1.54, 1.807) is 30.5 Å². The first-order valence-electron chi connectivity index (χ1n) is 4.90. The van der Waals surface area contributed by atoms with Crippen molar-refractivity contribution >= 4 is 5.82 Å². The van der Waals surface area contributed by atoms with Gasteiger partial charge in [-0.15, -0.1) is 0 Å². The molecule has 0 spiro atoms. The Labute approximate surface area is 92.9 Å². The Hall–Kier alpha value is -1.94. The van der Waals surface area contributed by atoms with Gasteiger partial charge in [-0.1, -0.05) is 18.2 Å². The highest BCUT2D eigenvalue weighted by Gasteiger charge is 2.12. The first kappa shape index (κ1) is 10.6. The van der Waals surface area contributed by atoms with Gasteiger partial charge in [-0.25, -0.2) is 9.37 Å². The summed E-state index contributed by atoms with van der Waals surface area (Å²) in [5.74, 6) is 0.0645. The molecule has 0 aliphatic heterocycles. The third-order valence-electron chi connectivity index (χ3n) is 2.41. The third-order valence-corrected chi connectivity index (χ3v) is 2.41. The number of anilines is 1. The zero-order chi connectivity index (χ0) is 11.5. The number of hydrogen-bond donors (Lipinski definition) is 2. The number of nitrogens with zero attached hydrogens (tertiary/aromatic N) is 1. The van der Waals surface area contributed by atoms with Crippen molar-refractivity contribution in [3.8, 4) is 0 Å². The minimum absolute atomic E-state index is 0.310. The predicted molar refractivity (Wildman–Crippen MR) is 61.1 cm³/mol. The Balaban J connectivity index is 2.39. The van der Waals surface area contributed by atoms with E-state index in [2.05, 4.69) is 4.98 Å². The average molecular weight is 217 g/mol. The van der Waals surface area contributed by atoms with Crippen LogP contribution < -0.4 is 11.5 Å². The standard InChI is InChI=1S/C12H12FN3/c13-9-4-1-3-8(7-9)11(14)10-5-2-6-16-12(10)15/h1-7,11H,14H2,(H2,15,16). The van der Waals surface area contributed by atoms with Crippen LogP contribution in [-0.4, -0.2) is 4.98 Å². The molecule has 3 nitrogen and oxygen atoms in total. The van der Waals surface area contributed by atoms with Gasteiger partial charge in [0.25, 0.3) is 0 Å². The number of rotatable bonds is 2. The molecule has 82 valence electrons. The van der Waals surface area contributed by atoms with E-state index in [4.69, 9.17) is 11.5 Å². The maximum absolute atomic E-state index is 13.0. The summed E-state index contributed by atoms with van der Waals surface area (Å²) in [6.07, 6.45) is 1.59. The molecule has 0 fully saturated rings. The van der Waals surface area contributed by atoms with Crippen molar-refractivity contribution in [2.24, 2.45) is 5.73 Å². The number of benzene rings is 1. The van der Waals surface area contributed by atoms with Crippen LogP contribution in [0.4, 0.5) is 10.2 Å². The maximum Gasteiger partial charge on any atom is 0.128 e. The Morgan fingerprint density at radius 3 is 2.69 bits per heavy atom. The molecule has 0 aliphatic carbocycles. The molecule has 0 radical (unpaired) electrons. The fourth-order valence-electron chi connectivity index (χ4n) is 1.57. The zero-order valence-electron chi connectivity index (χ0n) is 8.60. The van der Waals surface area contributed by atoms with Crippen LogP contribution >= 0.6 is 0 Å². The summed E-state index contributed by atoms with van der Waals surface area (Å²) in [5, 5.41) is 0. The van der Waals surface area contributed by atoms with Gasteiger partial charge >= 0.3 is 0 Å². The Morgan fingerprint density at radius 1 is 1.19 bits per heavy atom. The summed E-state index contributed by atoms with van der Waals surface area (Å²) < 4.78 is 13.0. The normalized spacial score (nSPS) is 12.4. The fourth-order valence-corrected chi connectivity index (χ4v) is 1.57. The number of nitrogens with two attached hydrogens (primary N) is 2. The van der Waals surface area contributed by atoms with Gasteiger partial charge in [0.05, 0.1) is 6.04 Å². The Kier molecular flexibility index (Phi) is 2.83. The average Bonchev–Trinajstić information content (AvgIpc) is 2.29. The molecule has 4 heteroatoms. The molecule has 16 heavy (non-hydrogen) atoms. The first-order valence-corrected chi connectivity index (χ1v) is 4.90.